The highest BCUT2D eigenvalue weighted by Crippen LogP contribution is 2.36. The SMILES string of the molecule is CCC[CH]CC1CCCC(C)C1C. The van der Waals surface area contributed by atoms with Gasteiger partial charge in [-0.1, -0.05) is 52.9 Å². The van der Waals surface area contributed by atoms with Gasteiger partial charge in [0.1, 0.15) is 0 Å². The Morgan fingerprint density at radius 2 is 2.00 bits per heavy atom. The lowest BCUT2D eigenvalue weighted by Gasteiger charge is -2.34. The number of hydrogen-bond acceptors (Lipinski definition) is 0. The minimum absolute atomic E-state index is 0.960. The Morgan fingerprint density at radius 1 is 1.23 bits per heavy atom. The lowest BCUT2D eigenvalue weighted by molar-refractivity contribution is 0.179. The van der Waals surface area contributed by atoms with Crippen LogP contribution in [0.1, 0.15) is 59.3 Å². The average Bonchev–Trinajstić information content (AvgIpc) is 2.13. The van der Waals surface area contributed by atoms with E-state index in [1.165, 1.54) is 38.5 Å². The van der Waals surface area contributed by atoms with Gasteiger partial charge >= 0.3 is 0 Å². The number of rotatable bonds is 4. The molecule has 0 aromatic heterocycles. The van der Waals surface area contributed by atoms with Gasteiger partial charge in [-0.05, 0) is 30.6 Å². The first-order valence-corrected chi connectivity index (χ1v) is 6.07. The topological polar surface area (TPSA) is 0 Å². The normalized spacial score (nSPS) is 34.8. The Bertz CT molecular complexity index is 128. The Hall–Kier alpha value is 0. The second-order valence-electron chi connectivity index (χ2n) is 4.84. The molecule has 0 nitrogen and oxygen atoms in total. The third kappa shape index (κ3) is 3.32. The van der Waals surface area contributed by atoms with E-state index in [4.69, 9.17) is 0 Å². The fraction of sp³-hybridized carbons (Fsp3) is 0.923. The summed E-state index contributed by atoms with van der Waals surface area (Å²) >= 11 is 0. The van der Waals surface area contributed by atoms with Crippen molar-refractivity contribution in [3.63, 3.8) is 0 Å². The van der Waals surface area contributed by atoms with Crippen LogP contribution in [-0.2, 0) is 0 Å². The molecule has 1 aliphatic rings. The molecule has 0 aromatic carbocycles. The van der Waals surface area contributed by atoms with E-state index in [0.29, 0.717) is 0 Å². The van der Waals surface area contributed by atoms with Gasteiger partial charge in [-0.3, -0.25) is 0 Å². The maximum absolute atomic E-state index is 2.51. The molecule has 0 aromatic rings. The van der Waals surface area contributed by atoms with E-state index in [0.717, 1.165) is 17.8 Å². The van der Waals surface area contributed by atoms with Crippen LogP contribution in [0, 0.1) is 24.2 Å². The third-order valence-electron chi connectivity index (χ3n) is 3.84. The summed E-state index contributed by atoms with van der Waals surface area (Å²) in [4.78, 5) is 0. The molecule has 0 saturated heterocycles. The van der Waals surface area contributed by atoms with Gasteiger partial charge in [-0.25, -0.2) is 0 Å². The summed E-state index contributed by atoms with van der Waals surface area (Å²) in [5.74, 6) is 2.92. The van der Waals surface area contributed by atoms with Gasteiger partial charge < -0.3 is 0 Å². The molecule has 0 spiro atoms. The van der Waals surface area contributed by atoms with Crippen LogP contribution in [-0.4, -0.2) is 0 Å². The summed E-state index contributed by atoms with van der Waals surface area (Å²) in [5.41, 5.74) is 0. The maximum Gasteiger partial charge on any atom is -0.0383 e. The molecule has 0 N–H and O–H groups in total. The van der Waals surface area contributed by atoms with Gasteiger partial charge in [0.2, 0.25) is 0 Å². The maximum atomic E-state index is 2.51. The van der Waals surface area contributed by atoms with Gasteiger partial charge in [0.15, 0.2) is 0 Å². The predicted octanol–water partition coefficient (Wildman–Crippen LogP) is 4.45. The van der Waals surface area contributed by atoms with Crippen molar-refractivity contribution in [3.05, 3.63) is 6.42 Å². The molecule has 0 heterocycles. The predicted molar refractivity (Wildman–Crippen MR) is 59.5 cm³/mol. The van der Waals surface area contributed by atoms with Crippen LogP contribution in [0.25, 0.3) is 0 Å². The van der Waals surface area contributed by atoms with Crippen LogP contribution >= 0.6 is 0 Å². The van der Waals surface area contributed by atoms with E-state index in [1.807, 2.05) is 0 Å². The zero-order valence-corrected chi connectivity index (χ0v) is 9.55. The summed E-state index contributed by atoms with van der Waals surface area (Å²) in [5, 5.41) is 0. The molecule has 77 valence electrons. The molecule has 1 radical (unpaired) electrons. The smallest absolute Gasteiger partial charge is 0.0383 e. The zero-order chi connectivity index (χ0) is 9.68. The monoisotopic (exact) mass is 181 g/mol. The van der Waals surface area contributed by atoms with E-state index in [1.54, 1.807) is 0 Å². The van der Waals surface area contributed by atoms with Crippen molar-refractivity contribution >= 4 is 0 Å². The Labute approximate surface area is 84.1 Å². The molecule has 13 heavy (non-hydrogen) atoms. The van der Waals surface area contributed by atoms with Gasteiger partial charge in [0.25, 0.3) is 0 Å². The summed E-state index contributed by atoms with van der Waals surface area (Å²) in [7, 11) is 0. The van der Waals surface area contributed by atoms with Crippen molar-refractivity contribution in [2.45, 2.75) is 59.3 Å². The molecule has 0 heteroatoms. The summed E-state index contributed by atoms with van der Waals surface area (Å²) in [6.45, 7) is 7.15. The second-order valence-corrected chi connectivity index (χ2v) is 4.84. The van der Waals surface area contributed by atoms with Crippen LogP contribution in [0.3, 0.4) is 0 Å². The Kier molecular flexibility index (Phi) is 4.83. The molecule has 0 amide bonds. The molecule has 3 atom stereocenters. The minimum atomic E-state index is 0.960. The van der Waals surface area contributed by atoms with Crippen molar-refractivity contribution in [3.8, 4) is 0 Å². The first-order valence-electron chi connectivity index (χ1n) is 6.07. The Morgan fingerprint density at radius 3 is 2.69 bits per heavy atom. The van der Waals surface area contributed by atoms with Crippen molar-refractivity contribution < 1.29 is 0 Å². The summed E-state index contributed by atoms with van der Waals surface area (Å²) in [6, 6.07) is 0. The lowest BCUT2D eigenvalue weighted by Crippen LogP contribution is -2.24. The van der Waals surface area contributed by atoms with Crippen LogP contribution < -0.4 is 0 Å². The molecule has 0 bridgehead atoms. The highest BCUT2D eigenvalue weighted by Gasteiger charge is 2.26. The van der Waals surface area contributed by atoms with E-state index in [-0.39, 0.29) is 0 Å². The Balaban J connectivity index is 2.23. The van der Waals surface area contributed by atoms with Crippen molar-refractivity contribution in [2.75, 3.05) is 0 Å². The average molecular weight is 181 g/mol. The molecular weight excluding hydrogens is 156 g/mol. The molecule has 1 saturated carbocycles. The van der Waals surface area contributed by atoms with E-state index in [2.05, 4.69) is 27.2 Å². The highest BCUT2D eigenvalue weighted by molar-refractivity contribution is 4.81. The molecule has 1 fully saturated rings. The largest absolute Gasteiger partial charge is 0.0654 e. The van der Waals surface area contributed by atoms with Crippen molar-refractivity contribution in [1.29, 1.82) is 0 Å². The van der Waals surface area contributed by atoms with Crippen LogP contribution in [0.15, 0.2) is 0 Å². The highest BCUT2D eigenvalue weighted by atomic mass is 14.3. The lowest BCUT2D eigenvalue weighted by atomic mass is 9.72. The van der Waals surface area contributed by atoms with Gasteiger partial charge in [-0.15, -0.1) is 0 Å². The summed E-state index contributed by atoms with van der Waals surface area (Å²) < 4.78 is 0. The van der Waals surface area contributed by atoms with Gasteiger partial charge in [0.05, 0.1) is 0 Å². The zero-order valence-electron chi connectivity index (χ0n) is 9.55. The van der Waals surface area contributed by atoms with Crippen molar-refractivity contribution in [2.24, 2.45) is 17.8 Å². The van der Waals surface area contributed by atoms with Gasteiger partial charge in [0, 0.05) is 0 Å². The van der Waals surface area contributed by atoms with Crippen LogP contribution in [0.5, 0.6) is 0 Å². The first kappa shape index (κ1) is 11.1. The number of hydrogen-bond donors (Lipinski definition) is 0. The standard InChI is InChI=1S/C13H25/c1-4-5-6-9-13-10-7-8-11(2)12(13)3/h6,11-13H,4-5,7-10H2,1-3H3. The van der Waals surface area contributed by atoms with E-state index in [9.17, 15) is 0 Å². The van der Waals surface area contributed by atoms with E-state index >= 15 is 0 Å². The van der Waals surface area contributed by atoms with Crippen molar-refractivity contribution in [1.82, 2.24) is 0 Å². The van der Waals surface area contributed by atoms with E-state index < -0.39 is 0 Å². The minimum Gasteiger partial charge on any atom is -0.0654 e. The molecule has 1 aliphatic carbocycles. The summed E-state index contributed by atoms with van der Waals surface area (Å²) in [6.07, 6.45) is 10.9. The van der Waals surface area contributed by atoms with Gasteiger partial charge in [-0.2, -0.15) is 0 Å². The molecular formula is C13H25. The fourth-order valence-corrected chi connectivity index (χ4v) is 2.56. The number of unbranched alkanes of at least 4 members (excludes halogenated alkanes) is 2. The second kappa shape index (κ2) is 5.67. The first-order chi connectivity index (χ1) is 6.25. The molecule has 1 rings (SSSR count). The van der Waals surface area contributed by atoms with Crippen LogP contribution in [0.4, 0.5) is 0 Å². The molecule has 0 aliphatic heterocycles. The quantitative estimate of drug-likeness (QED) is 0.562. The third-order valence-corrected chi connectivity index (χ3v) is 3.84. The van der Waals surface area contributed by atoms with Crippen LogP contribution in [0.2, 0.25) is 0 Å². The fourth-order valence-electron chi connectivity index (χ4n) is 2.56. The molecule has 3 unspecified atom stereocenters.